The first kappa shape index (κ1) is 17.7. The number of aromatic nitrogens is 2. The third-order valence-corrected chi connectivity index (χ3v) is 5.39. The monoisotopic (exact) mass is 362 g/mol. The highest BCUT2D eigenvalue weighted by atomic mass is 16.2. The number of aromatic amines is 1. The molecule has 0 atom stereocenters. The normalized spacial score (nSPS) is 15.9. The Bertz CT molecular complexity index is 848. The summed E-state index contributed by atoms with van der Waals surface area (Å²) in [5.74, 6) is 1.02. The minimum Gasteiger partial charge on any atom is -0.348 e. The summed E-state index contributed by atoms with van der Waals surface area (Å²) in [6.45, 7) is 3.76. The Kier molecular flexibility index (Phi) is 5.49. The zero-order valence-electron chi connectivity index (χ0n) is 15.5. The molecule has 0 bridgehead atoms. The number of nitrogens with one attached hydrogen (secondary N) is 2. The van der Waals surface area contributed by atoms with E-state index in [2.05, 4.69) is 50.5 Å². The van der Waals surface area contributed by atoms with E-state index < -0.39 is 0 Å². The van der Waals surface area contributed by atoms with Crippen LogP contribution in [0.2, 0.25) is 0 Å². The van der Waals surface area contributed by atoms with Crippen LogP contribution >= 0.6 is 0 Å². The molecule has 2 aromatic carbocycles. The number of carbonyl (C=O) groups is 1. The maximum absolute atomic E-state index is 12.3. The van der Waals surface area contributed by atoms with Gasteiger partial charge >= 0.3 is 0 Å². The van der Waals surface area contributed by atoms with Crippen molar-refractivity contribution < 1.29 is 4.79 Å². The zero-order valence-corrected chi connectivity index (χ0v) is 15.5. The van der Waals surface area contributed by atoms with Gasteiger partial charge in [-0.05, 0) is 56.0 Å². The number of benzene rings is 2. The first-order chi connectivity index (χ1) is 13.3. The maximum atomic E-state index is 12.3. The smallest absolute Gasteiger partial charge is 0.287 e. The summed E-state index contributed by atoms with van der Waals surface area (Å²) >= 11 is 0. The fraction of sp³-hybridized carbons (Fsp3) is 0.364. The first-order valence-electron chi connectivity index (χ1n) is 9.77. The Morgan fingerprint density at radius 1 is 1.07 bits per heavy atom. The van der Waals surface area contributed by atoms with Crippen LogP contribution in [0.25, 0.3) is 11.0 Å². The maximum Gasteiger partial charge on any atom is 0.287 e. The summed E-state index contributed by atoms with van der Waals surface area (Å²) in [6, 6.07) is 18.5. The second-order valence-corrected chi connectivity index (χ2v) is 7.33. The molecule has 0 spiro atoms. The number of carbonyl (C=O) groups excluding carboxylic acids is 1. The molecule has 2 N–H and O–H groups in total. The predicted molar refractivity (Wildman–Crippen MR) is 108 cm³/mol. The van der Waals surface area contributed by atoms with Crippen molar-refractivity contribution in [3.05, 3.63) is 66.0 Å². The Balaban J connectivity index is 1.19. The number of nitrogens with zero attached hydrogens (tertiary/aromatic N) is 2. The number of fused-ring (bicyclic) bond motifs is 1. The lowest BCUT2D eigenvalue weighted by Gasteiger charge is -2.32. The molecule has 5 nitrogen and oxygen atoms in total. The van der Waals surface area contributed by atoms with E-state index >= 15 is 0 Å². The molecular formula is C22H26N4O. The van der Waals surface area contributed by atoms with Crippen LogP contribution in [-0.2, 0) is 6.42 Å². The van der Waals surface area contributed by atoms with Gasteiger partial charge in [-0.3, -0.25) is 4.79 Å². The second-order valence-electron chi connectivity index (χ2n) is 7.33. The van der Waals surface area contributed by atoms with Gasteiger partial charge in [0, 0.05) is 13.1 Å². The van der Waals surface area contributed by atoms with Crippen LogP contribution in [-0.4, -0.2) is 47.0 Å². The number of piperidine rings is 1. The lowest BCUT2D eigenvalue weighted by Crippen LogP contribution is -2.40. The van der Waals surface area contributed by atoms with Crippen molar-refractivity contribution in [3.63, 3.8) is 0 Å². The molecule has 0 saturated carbocycles. The van der Waals surface area contributed by atoms with Crippen molar-refractivity contribution in [3.8, 4) is 0 Å². The van der Waals surface area contributed by atoms with Crippen LogP contribution in [0, 0.1) is 5.92 Å². The summed E-state index contributed by atoms with van der Waals surface area (Å²) in [5, 5.41) is 2.98. The Morgan fingerprint density at radius 3 is 2.59 bits per heavy atom. The average molecular weight is 362 g/mol. The van der Waals surface area contributed by atoms with Gasteiger partial charge in [0.2, 0.25) is 0 Å². The van der Waals surface area contributed by atoms with E-state index in [1.165, 1.54) is 24.8 Å². The summed E-state index contributed by atoms with van der Waals surface area (Å²) in [7, 11) is 0. The van der Waals surface area contributed by atoms with E-state index in [0.717, 1.165) is 36.6 Å². The summed E-state index contributed by atoms with van der Waals surface area (Å²) in [6.07, 6.45) is 3.64. The molecule has 0 unspecified atom stereocenters. The third kappa shape index (κ3) is 4.55. The lowest BCUT2D eigenvalue weighted by atomic mass is 9.90. The Hall–Kier alpha value is -2.66. The predicted octanol–water partition coefficient (Wildman–Crippen LogP) is 3.25. The summed E-state index contributed by atoms with van der Waals surface area (Å²) < 4.78 is 0. The van der Waals surface area contributed by atoms with Gasteiger partial charge in [-0.1, -0.05) is 42.5 Å². The molecule has 3 aromatic rings. The minimum atomic E-state index is -0.134. The largest absolute Gasteiger partial charge is 0.348 e. The van der Waals surface area contributed by atoms with E-state index in [1.54, 1.807) is 0 Å². The highest BCUT2D eigenvalue weighted by Gasteiger charge is 2.19. The van der Waals surface area contributed by atoms with Crippen molar-refractivity contribution in [1.82, 2.24) is 20.2 Å². The quantitative estimate of drug-likeness (QED) is 0.708. The van der Waals surface area contributed by atoms with Gasteiger partial charge in [0.25, 0.3) is 5.91 Å². The number of imidazole rings is 1. The summed E-state index contributed by atoms with van der Waals surface area (Å²) in [4.78, 5) is 22.2. The molecule has 1 aromatic heterocycles. The second kappa shape index (κ2) is 8.35. The number of amides is 1. The average Bonchev–Trinajstić information content (AvgIpc) is 3.14. The molecule has 0 radical (unpaired) electrons. The molecule has 5 heteroatoms. The van der Waals surface area contributed by atoms with Gasteiger partial charge in [-0.2, -0.15) is 0 Å². The molecule has 1 amide bonds. The fourth-order valence-corrected chi connectivity index (χ4v) is 3.83. The van der Waals surface area contributed by atoms with E-state index in [9.17, 15) is 4.79 Å². The van der Waals surface area contributed by atoms with E-state index in [-0.39, 0.29) is 5.91 Å². The van der Waals surface area contributed by atoms with Crippen LogP contribution in [0.5, 0.6) is 0 Å². The zero-order chi connectivity index (χ0) is 18.5. The van der Waals surface area contributed by atoms with Crippen molar-refractivity contribution in [2.75, 3.05) is 26.2 Å². The lowest BCUT2D eigenvalue weighted by molar-refractivity contribution is 0.0935. The van der Waals surface area contributed by atoms with Crippen LogP contribution in [0.4, 0.5) is 0 Å². The van der Waals surface area contributed by atoms with Crippen LogP contribution in [0.1, 0.15) is 29.0 Å². The Morgan fingerprint density at radius 2 is 1.81 bits per heavy atom. The highest BCUT2D eigenvalue weighted by Crippen LogP contribution is 2.21. The standard InChI is InChI=1S/C22H26N4O/c27-22(21-24-19-8-4-5-9-20(19)25-21)23-12-15-26-13-10-18(11-14-26)16-17-6-2-1-3-7-17/h1-9,18H,10-16H2,(H,23,27)(H,24,25). The number of hydrogen-bond donors (Lipinski definition) is 2. The molecule has 1 saturated heterocycles. The van der Waals surface area contributed by atoms with Crippen molar-refractivity contribution in [2.45, 2.75) is 19.3 Å². The van der Waals surface area contributed by atoms with Gasteiger partial charge in [-0.15, -0.1) is 0 Å². The number of likely N-dealkylation sites (tertiary alicyclic amines) is 1. The van der Waals surface area contributed by atoms with Crippen molar-refractivity contribution >= 4 is 16.9 Å². The number of rotatable bonds is 6. The van der Waals surface area contributed by atoms with E-state index in [0.29, 0.717) is 12.4 Å². The fourth-order valence-electron chi connectivity index (χ4n) is 3.83. The molecule has 0 aliphatic carbocycles. The van der Waals surface area contributed by atoms with Gasteiger partial charge in [0.05, 0.1) is 11.0 Å². The van der Waals surface area contributed by atoms with Gasteiger partial charge in [-0.25, -0.2) is 4.98 Å². The summed E-state index contributed by atoms with van der Waals surface area (Å²) in [5.41, 5.74) is 3.15. The molecule has 4 rings (SSSR count). The van der Waals surface area contributed by atoms with Crippen LogP contribution in [0.15, 0.2) is 54.6 Å². The number of H-pyrrole nitrogens is 1. The molecule has 1 aliphatic rings. The third-order valence-electron chi connectivity index (χ3n) is 5.39. The first-order valence-corrected chi connectivity index (χ1v) is 9.77. The molecule has 1 fully saturated rings. The minimum absolute atomic E-state index is 0.134. The van der Waals surface area contributed by atoms with E-state index in [1.807, 2.05) is 24.3 Å². The molecular weight excluding hydrogens is 336 g/mol. The number of hydrogen-bond acceptors (Lipinski definition) is 3. The molecule has 2 heterocycles. The topological polar surface area (TPSA) is 61.0 Å². The Labute approximate surface area is 159 Å². The molecule has 140 valence electrons. The molecule has 1 aliphatic heterocycles. The number of para-hydroxylation sites is 2. The molecule has 27 heavy (non-hydrogen) atoms. The van der Waals surface area contributed by atoms with Crippen LogP contribution < -0.4 is 5.32 Å². The van der Waals surface area contributed by atoms with Gasteiger partial charge in [0.15, 0.2) is 5.82 Å². The van der Waals surface area contributed by atoms with Gasteiger partial charge in [0.1, 0.15) is 0 Å². The SMILES string of the molecule is O=C(NCCN1CCC(Cc2ccccc2)CC1)c1nc2ccccc2[nH]1. The highest BCUT2D eigenvalue weighted by molar-refractivity contribution is 5.94. The van der Waals surface area contributed by atoms with Crippen LogP contribution in [0.3, 0.4) is 0 Å². The van der Waals surface area contributed by atoms with Crippen molar-refractivity contribution in [1.29, 1.82) is 0 Å². The van der Waals surface area contributed by atoms with Gasteiger partial charge < -0.3 is 15.2 Å². The van der Waals surface area contributed by atoms with E-state index in [4.69, 9.17) is 0 Å². The van der Waals surface area contributed by atoms with Crippen molar-refractivity contribution in [2.24, 2.45) is 5.92 Å².